The molecule has 1 aromatic carbocycles. The van der Waals surface area contributed by atoms with Crippen molar-refractivity contribution >= 4 is 57.6 Å². The van der Waals surface area contributed by atoms with Gasteiger partial charge in [-0.1, -0.05) is 23.2 Å². The average molecular weight is 332 g/mol. The molecule has 106 valence electrons. The smallest absolute Gasteiger partial charge is 0.328 e. The van der Waals surface area contributed by atoms with Gasteiger partial charge in [0.25, 0.3) is 0 Å². The molecule has 1 atom stereocenters. The molecule has 0 saturated heterocycles. The number of halogens is 2. The van der Waals surface area contributed by atoms with Crippen LogP contribution in [-0.2, 0) is 20.9 Å². The van der Waals surface area contributed by atoms with Gasteiger partial charge in [0, 0.05) is 0 Å². The molecule has 0 spiro atoms. The first-order valence-electron chi connectivity index (χ1n) is 6.06. The Morgan fingerprint density at radius 1 is 1.40 bits per heavy atom. The van der Waals surface area contributed by atoms with Crippen LogP contribution in [0.3, 0.4) is 0 Å². The topological polar surface area (TPSA) is 63.0 Å². The van der Waals surface area contributed by atoms with Crippen LogP contribution in [0.5, 0.6) is 0 Å². The Hall–Kier alpha value is -1.11. The SMILES string of the molecule is COC(=O)C(Nc1c(Cl)cc(Cl)c2c1N=S=N2)C1CC1. The van der Waals surface area contributed by atoms with E-state index < -0.39 is 6.04 Å². The van der Waals surface area contributed by atoms with Gasteiger partial charge < -0.3 is 10.1 Å². The largest absolute Gasteiger partial charge is 0.467 e. The standard InChI is InChI=1S/C12H11Cl2N3O2S/c1-19-12(18)8(5-2-3-5)15-9-6(13)4-7(14)10-11(9)17-20-16-10/h4-5,8,15H,2-3H2,1H3. The number of anilines is 1. The normalized spacial score (nSPS) is 17.4. The van der Waals surface area contributed by atoms with E-state index >= 15 is 0 Å². The second kappa shape index (κ2) is 5.35. The molecule has 8 heteroatoms. The second-order valence-electron chi connectivity index (χ2n) is 4.66. The zero-order valence-electron chi connectivity index (χ0n) is 10.5. The first kappa shape index (κ1) is 13.9. The molecule has 5 nitrogen and oxygen atoms in total. The molecule has 1 aliphatic carbocycles. The highest BCUT2D eigenvalue weighted by atomic mass is 35.5. The lowest BCUT2D eigenvalue weighted by atomic mass is 10.1. The van der Waals surface area contributed by atoms with E-state index in [1.165, 1.54) is 7.11 Å². The number of ether oxygens (including phenoxy) is 1. The number of hydrogen-bond acceptors (Lipinski definition) is 5. The zero-order chi connectivity index (χ0) is 14.3. The maximum atomic E-state index is 11.9. The molecule has 0 radical (unpaired) electrons. The number of esters is 1. The number of nitrogens with zero attached hydrogens (tertiary/aromatic N) is 2. The fourth-order valence-corrected chi connectivity index (χ4v) is 3.26. The molecule has 20 heavy (non-hydrogen) atoms. The van der Waals surface area contributed by atoms with Gasteiger partial charge in [0.1, 0.15) is 17.4 Å². The Morgan fingerprint density at radius 2 is 2.10 bits per heavy atom. The Labute approximate surface area is 129 Å². The zero-order valence-corrected chi connectivity index (χ0v) is 12.8. The molecule has 0 aromatic heterocycles. The predicted molar refractivity (Wildman–Crippen MR) is 80.2 cm³/mol. The molecule has 1 unspecified atom stereocenters. The number of nitrogens with one attached hydrogen (secondary N) is 1. The minimum atomic E-state index is -0.413. The summed E-state index contributed by atoms with van der Waals surface area (Å²) in [6.45, 7) is 0. The quantitative estimate of drug-likeness (QED) is 0.858. The van der Waals surface area contributed by atoms with Crippen LogP contribution in [0.1, 0.15) is 12.8 Å². The number of carbonyl (C=O) groups excluding carboxylic acids is 1. The van der Waals surface area contributed by atoms with Crippen molar-refractivity contribution in [3.05, 3.63) is 16.1 Å². The summed E-state index contributed by atoms with van der Waals surface area (Å²) in [5, 5.41) is 4.03. The summed E-state index contributed by atoms with van der Waals surface area (Å²) >= 11 is 13.4. The molecule has 1 N–H and O–H groups in total. The summed E-state index contributed by atoms with van der Waals surface area (Å²) in [7, 11) is 1.38. The monoisotopic (exact) mass is 331 g/mol. The molecule has 1 fully saturated rings. The molecule has 2 aliphatic rings. The molecule has 0 amide bonds. The molecule has 0 bridgehead atoms. The minimum Gasteiger partial charge on any atom is -0.467 e. The highest BCUT2D eigenvalue weighted by Gasteiger charge is 2.38. The van der Waals surface area contributed by atoms with Gasteiger partial charge in [0.05, 0.1) is 34.2 Å². The first-order chi connectivity index (χ1) is 9.61. The maximum Gasteiger partial charge on any atom is 0.328 e. The van der Waals surface area contributed by atoms with Crippen molar-refractivity contribution in [2.45, 2.75) is 18.9 Å². The van der Waals surface area contributed by atoms with Crippen LogP contribution < -0.4 is 5.32 Å². The lowest BCUT2D eigenvalue weighted by Crippen LogP contribution is -2.32. The van der Waals surface area contributed by atoms with Gasteiger partial charge in [-0.3, -0.25) is 0 Å². The summed E-state index contributed by atoms with van der Waals surface area (Å²) in [5.41, 5.74) is 1.76. The molecule has 1 heterocycles. The van der Waals surface area contributed by atoms with Crippen molar-refractivity contribution < 1.29 is 9.53 Å². The van der Waals surface area contributed by atoms with Crippen molar-refractivity contribution in [1.82, 2.24) is 0 Å². The third-order valence-electron chi connectivity index (χ3n) is 3.29. The molecular formula is C12H11Cl2N3O2S. The molecule has 3 rings (SSSR count). The van der Waals surface area contributed by atoms with Crippen LogP contribution in [0, 0.1) is 5.92 Å². The van der Waals surface area contributed by atoms with Crippen LogP contribution in [0.2, 0.25) is 10.0 Å². The van der Waals surface area contributed by atoms with Crippen molar-refractivity contribution in [3.8, 4) is 0 Å². The Bertz CT molecular complexity index is 655. The fraction of sp³-hybridized carbons (Fsp3) is 0.417. The van der Waals surface area contributed by atoms with Gasteiger partial charge in [-0.15, -0.1) is 0 Å². The summed E-state index contributed by atoms with van der Waals surface area (Å²) in [4.78, 5) is 11.9. The van der Waals surface area contributed by atoms with Gasteiger partial charge in [-0.05, 0) is 24.8 Å². The van der Waals surface area contributed by atoms with E-state index in [-0.39, 0.29) is 11.9 Å². The van der Waals surface area contributed by atoms with E-state index in [2.05, 4.69) is 14.0 Å². The number of benzene rings is 1. The Balaban J connectivity index is 1.97. The summed E-state index contributed by atoms with van der Waals surface area (Å²) < 4.78 is 13.2. The van der Waals surface area contributed by atoms with Crippen molar-refractivity contribution in [1.29, 1.82) is 0 Å². The fourth-order valence-electron chi connectivity index (χ4n) is 2.09. The van der Waals surface area contributed by atoms with Gasteiger partial charge in [0.2, 0.25) is 0 Å². The summed E-state index contributed by atoms with van der Waals surface area (Å²) in [6.07, 6.45) is 1.99. The number of carbonyl (C=O) groups is 1. The highest BCUT2D eigenvalue weighted by Crippen LogP contribution is 2.48. The summed E-state index contributed by atoms with van der Waals surface area (Å²) in [5.74, 6) is -0.0225. The van der Waals surface area contributed by atoms with E-state index in [0.29, 0.717) is 27.1 Å². The third-order valence-corrected chi connectivity index (χ3v) is 4.41. The van der Waals surface area contributed by atoms with E-state index in [4.69, 9.17) is 27.9 Å². The first-order valence-corrected chi connectivity index (χ1v) is 7.55. The molecule has 1 saturated carbocycles. The molecular weight excluding hydrogens is 321 g/mol. The van der Waals surface area contributed by atoms with Gasteiger partial charge in [-0.2, -0.15) is 8.73 Å². The number of fused-ring (bicyclic) bond motifs is 1. The Kier molecular flexibility index (Phi) is 3.70. The number of methoxy groups -OCH3 is 1. The van der Waals surface area contributed by atoms with Crippen LogP contribution in [0.15, 0.2) is 14.8 Å². The maximum absolute atomic E-state index is 11.9. The lowest BCUT2D eigenvalue weighted by Gasteiger charge is -2.19. The second-order valence-corrected chi connectivity index (χ2v) is 6.00. The van der Waals surface area contributed by atoms with Crippen molar-refractivity contribution in [2.24, 2.45) is 14.6 Å². The van der Waals surface area contributed by atoms with Crippen LogP contribution in [0.25, 0.3) is 0 Å². The van der Waals surface area contributed by atoms with Gasteiger partial charge in [-0.25, -0.2) is 4.79 Å². The van der Waals surface area contributed by atoms with Crippen LogP contribution in [-0.4, -0.2) is 19.1 Å². The van der Waals surface area contributed by atoms with E-state index in [1.54, 1.807) is 6.07 Å². The van der Waals surface area contributed by atoms with E-state index in [9.17, 15) is 4.79 Å². The van der Waals surface area contributed by atoms with Crippen molar-refractivity contribution in [3.63, 3.8) is 0 Å². The summed E-state index contributed by atoms with van der Waals surface area (Å²) in [6, 6.07) is 1.19. The van der Waals surface area contributed by atoms with Gasteiger partial charge in [0.15, 0.2) is 0 Å². The van der Waals surface area contributed by atoms with E-state index in [1.807, 2.05) is 0 Å². The molecule has 1 aromatic rings. The Morgan fingerprint density at radius 3 is 2.75 bits per heavy atom. The number of hydrogen-bond donors (Lipinski definition) is 1. The third kappa shape index (κ3) is 2.43. The predicted octanol–water partition coefficient (Wildman–Crippen LogP) is 4.08. The van der Waals surface area contributed by atoms with Crippen LogP contribution >= 0.6 is 23.2 Å². The van der Waals surface area contributed by atoms with Gasteiger partial charge >= 0.3 is 5.97 Å². The van der Waals surface area contributed by atoms with Crippen molar-refractivity contribution in [2.75, 3.05) is 12.4 Å². The van der Waals surface area contributed by atoms with Crippen LogP contribution in [0.4, 0.5) is 17.1 Å². The van der Waals surface area contributed by atoms with E-state index in [0.717, 1.165) is 24.2 Å². The highest BCUT2D eigenvalue weighted by molar-refractivity contribution is 7.58. The number of rotatable bonds is 4. The molecule has 1 aliphatic heterocycles. The average Bonchev–Trinajstić information content (AvgIpc) is 3.14. The minimum absolute atomic E-state index is 0.274. The lowest BCUT2D eigenvalue weighted by molar-refractivity contribution is -0.142.